The molecule has 0 fully saturated rings. The molecule has 12 rings (SSSR count). The number of hydrogen-bond acceptors (Lipinski definition) is 15. The zero-order chi connectivity index (χ0) is 74.4. The third kappa shape index (κ3) is 14.8. The predicted molar refractivity (Wildman–Crippen MR) is 362 cm³/mol. The maximum absolute atomic E-state index is 15.2. The molecule has 18 nitrogen and oxygen atoms in total. The van der Waals surface area contributed by atoms with Gasteiger partial charge >= 0.3 is 18.5 Å². The van der Waals surface area contributed by atoms with E-state index in [1.54, 1.807) is 73.3 Å². The second-order valence-electron chi connectivity index (χ2n) is 22.0. The summed E-state index contributed by atoms with van der Waals surface area (Å²) in [6.45, 7) is 10.9. The average Bonchev–Trinajstić information content (AvgIpc) is 1.47. The molecule has 12 aromatic rings. The van der Waals surface area contributed by atoms with Crippen molar-refractivity contribution in [1.82, 2.24) is 58.1 Å². The molecule has 0 spiro atoms. The molecule has 0 aliphatic rings. The van der Waals surface area contributed by atoms with E-state index in [1.807, 2.05) is 0 Å². The second kappa shape index (κ2) is 29.9. The van der Waals surface area contributed by atoms with Gasteiger partial charge in [0.05, 0.1) is 51.6 Å². The molecule has 1 unspecified atom stereocenters. The number of ether oxygens (including phenoxy) is 3. The molecule has 0 aliphatic heterocycles. The van der Waals surface area contributed by atoms with Crippen LogP contribution in [0.3, 0.4) is 0 Å². The Kier molecular flexibility index (Phi) is 22.1. The Morgan fingerprint density at radius 1 is 0.402 bits per heavy atom. The molecule has 6 N–H and O–H groups in total. The molecule has 36 heteroatoms. The summed E-state index contributed by atoms with van der Waals surface area (Å²) >= 11 is 37.5. The molecule has 0 radical (unpaired) electrons. The normalized spacial score (nSPS) is 12.8. The van der Waals surface area contributed by atoms with E-state index in [9.17, 15) is 39.5 Å². The van der Waals surface area contributed by atoms with Crippen LogP contribution >= 0.6 is 69.6 Å². The van der Waals surface area contributed by atoms with E-state index in [2.05, 4.69) is 44.9 Å². The van der Waals surface area contributed by atoms with Crippen LogP contribution in [0.1, 0.15) is 111 Å². The molecule has 0 saturated heterocycles. The SMILES string of the molecule is CCOc1c(C(C)c2nc(Cl)c3c(N)nccn23)cc(Cl)c(F)c1-c1ccc(C(F)(F)F)nc1.CCOc1c([C@@H](C)c2nc(Cl)c3c(N)nccn23)cc(Cl)c(F)c1-c1ccc(C(F)(F)F)nc1.CCOc1c([C@H](C)c2nc(Cl)c3c(N)nccn23)cc(Cl)c(F)c1-c1ccc(C(F)(F)F)nc1. The maximum atomic E-state index is 15.2. The Labute approximate surface area is 600 Å². The molecule has 0 aliphatic carbocycles. The van der Waals surface area contributed by atoms with E-state index in [-0.39, 0.29) is 118 Å². The first-order chi connectivity index (χ1) is 48.1. The number of anilines is 3. The molecular formula is C66H51Cl6F12N15O3. The van der Waals surface area contributed by atoms with Crippen molar-refractivity contribution >= 4 is 104 Å². The molecule has 534 valence electrons. The summed E-state index contributed by atoms with van der Waals surface area (Å²) in [5.41, 5.74) is 17.0. The number of pyridine rings is 3. The number of nitrogen functional groups attached to an aromatic ring is 3. The summed E-state index contributed by atoms with van der Waals surface area (Å²) in [5, 5.41) is -0.336. The van der Waals surface area contributed by atoms with Gasteiger partial charge in [-0.05, 0) is 57.2 Å². The standard InChI is InChI=1S/3C22H17Cl2F4N5O/c3*1-3-34-18-12(10(2)21-32-19(24)17-20(29)30-6-7-33(17)21)8-13(23)16(25)15(18)11-4-5-14(31-9-11)22(26,27)28/h3*4-10H,3H2,1-2H3,(H2,29,30)/t2*10-;/m10./s1. The molecule has 0 saturated carbocycles. The van der Waals surface area contributed by atoms with Gasteiger partial charge in [-0.2, -0.15) is 39.5 Å². The van der Waals surface area contributed by atoms with E-state index in [1.165, 1.54) is 36.8 Å². The van der Waals surface area contributed by atoms with Crippen LogP contribution in [0.5, 0.6) is 17.2 Å². The fourth-order valence-electron chi connectivity index (χ4n) is 11.1. The van der Waals surface area contributed by atoms with Crippen LogP contribution in [0.25, 0.3) is 49.9 Å². The molecule has 3 atom stereocenters. The quantitative estimate of drug-likeness (QED) is 0.0810. The Bertz CT molecular complexity index is 4620. The molecule has 0 amide bonds. The van der Waals surface area contributed by atoms with Gasteiger partial charge in [-0.15, -0.1) is 0 Å². The average molecular weight is 1540 g/mol. The highest BCUT2D eigenvalue weighted by atomic mass is 35.5. The molecule has 3 aromatic carbocycles. The summed E-state index contributed by atoms with van der Waals surface area (Å²) in [6, 6.07) is 9.86. The fraction of sp³-hybridized carbons (Fsp3) is 0.227. The number of benzene rings is 3. The lowest BCUT2D eigenvalue weighted by molar-refractivity contribution is -0.141. The minimum atomic E-state index is -4.63. The number of hydrogen-bond donors (Lipinski definition) is 3. The van der Waals surface area contributed by atoms with Crippen molar-refractivity contribution in [2.45, 2.75) is 77.8 Å². The van der Waals surface area contributed by atoms with Crippen LogP contribution in [-0.2, 0) is 18.5 Å². The van der Waals surface area contributed by atoms with Crippen molar-refractivity contribution in [3.8, 4) is 50.6 Å². The van der Waals surface area contributed by atoms with Gasteiger partial charge < -0.3 is 31.4 Å². The Morgan fingerprint density at radius 2 is 0.647 bits per heavy atom. The number of alkyl halides is 9. The second-order valence-corrected chi connectivity index (χ2v) is 24.3. The van der Waals surface area contributed by atoms with Crippen LogP contribution in [0.15, 0.2) is 110 Å². The summed E-state index contributed by atoms with van der Waals surface area (Å²) in [7, 11) is 0. The first kappa shape index (κ1) is 75.3. The number of fused-ring (bicyclic) bond motifs is 3. The first-order valence-corrected chi connectivity index (χ1v) is 32.3. The number of nitrogens with two attached hydrogens (primary N) is 3. The number of imidazole rings is 3. The van der Waals surface area contributed by atoms with Crippen LogP contribution in [-0.4, -0.2) is 77.9 Å². The van der Waals surface area contributed by atoms with Gasteiger partial charge in [0.15, 0.2) is 50.4 Å². The molecular weight excluding hydrogens is 1490 g/mol. The lowest BCUT2D eigenvalue weighted by Crippen LogP contribution is -2.09. The van der Waals surface area contributed by atoms with Crippen LogP contribution in [0, 0.1) is 17.5 Å². The summed E-state index contributed by atoms with van der Waals surface area (Å²) < 4.78 is 185. The number of halogens is 18. The Morgan fingerprint density at radius 3 is 0.853 bits per heavy atom. The number of nitrogens with zero attached hydrogens (tertiary/aromatic N) is 12. The first-order valence-electron chi connectivity index (χ1n) is 30.0. The van der Waals surface area contributed by atoms with Crippen molar-refractivity contribution in [3.63, 3.8) is 0 Å². The number of rotatable bonds is 15. The van der Waals surface area contributed by atoms with Gasteiger partial charge in [-0.3, -0.25) is 28.2 Å². The largest absolute Gasteiger partial charge is 0.493 e. The zero-order valence-electron chi connectivity index (χ0n) is 53.4. The van der Waals surface area contributed by atoms with E-state index in [0.29, 0.717) is 50.7 Å². The maximum Gasteiger partial charge on any atom is 0.433 e. The number of aromatic nitrogens is 12. The van der Waals surface area contributed by atoms with Crippen LogP contribution in [0.4, 0.5) is 70.1 Å². The Hall–Kier alpha value is -9.33. The van der Waals surface area contributed by atoms with Gasteiger partial charge in [0.2, 0.25) is 0 Å². The van der Waals surface area contributed by atoms with Crippen LogP contribution < -0.4 is 31.4 Å². The molecule has 0 bridgehead atoms. The highest BCUT2D eigenvalue weighted by molar-refractivity contribution is 6.34. The summed E-state index contributed by atoms with van der Waals surface area (Å²) in [4.78, 5) is 35.6. The zero-order valence-corrected chi connectivity index (χ0v) is 57.9. The third-order valence-corrected chi connectivity index (χ3v) is 17.4. The summed E-state index contributed by atoms with van der Waals surface area (Å²) in [5.74, 6) is -1.95. The topological polar surface area (TPSA) is 235 Å². The smallest absolute Gasteiger partial charge is 0.433 e. The van der Waals surface area contributed by atoms with Gasteiger partial charge in [0.25, 0.3) is 0 Å². The highest BCUT2D eigenvalue weighted by Gasteiger charge is 2.37. The lowest BCUT2D eigenvalue weighted by Gasteiger charge is -2.21. The van der Waals surface area contributed by atoms with Crippen molar-refractivity contribution in [2.24, 2.45) is 0 Å². The van der Waals surface area contributed by atoms with Gasteiger partial charge in [0.1, 0.15) is 68.4 Å². The predicted octanol–water partition coefficient (Wildman–Crippen LogP) is 19.2. The Balaban J connectivity index is 0.000000165. The van der Waals surface area contributed by atoms with E-state index >= 15 is 13.2 Å². The minimum absolute atomic E-state index is 0.0735. The molecule has 102 heavy (non-hydrogen) atoms. The van der Waals surface area contributed by atoms with E-state index in [0.717, 1.165) is 55.0 Å². The molecule has 9 aromatic heterocycles. The van der Waals surface area contributed by atoms with Crippen LogP contribution in [0.2, 0.25) is 30.5 Å². The minimum Gasteiger partial charge on any atom is -0.493 e. The lowest BCUT2D eigenvalue weighted by atomic mass is 9.93. The van der Waals surface area contributed by atoms with Crippen molar-refractivity contribution in [2.75, 3.05) is 37.0 Å². The van der Waals surface area contributed by atoms with Gasteiger partial charge in [0, 0.05) is 107 Å². The molecule has 9 heterocycles. The van der Waals surface area contributed by atoms with E-state index in [4.69, 9.17) is 101 Å². The van der Waals surface area contributed by atoms with Crippen molar-refractivity contribution < 1.29 is 66.9 Å². The van der Waals surface area contributed by atoms with Gasteiger partial charge in [-0.25, -0.2) is 43.1 Å². The highest BCUT2D eigenvalue weighted by Crippen LogP contribution is 2.49. The fourth-order valence-corrected chi connectivity index (χ4v) is 12.6. The summed E-state index contributed by atoms with van der Waals surface area (Å²) in [6.07, 6.45) is -1.77. The van der Waals surface area contributed by atoms with Crippen molar-refractivity contribution in [3.05, 3.63) is 210 Å². The van der Waals surface area contributed by atoms with Crippen molar-refractivity contribution in [1.29, 1.82) is 0 Å². The van der Waals surface area contributed by atoms with Gasteiger partial charge in [-0.1, -0.05) is 109 Å². The monoisotopic (exact) mass is 1540 g/mol. The third-order valence-electron chi connectivity index (χ3n) is 15.8. The van der Waals surface area contributed by atoms with E-state index < -0.39 is 70.8 Å².